The Morgan fingerprint density at radius 3 is 2.84 bits per heavy atom. The van der Waals surface area contributed by atoms with E-state index in [1.165, 1.54) is 12.3 Å². The number of carboxylic acid groups (broad SMARTS) is 1. The highest BCUT2D eigenvalue weighted by Crippen LogP contribution is 2.23. The fourth-order valence-electron chi connectivity index (χ4n) is 1.72. The summed E-state index contributed by atoms with van der Waals surface area (Å²) in [7, 11) is 0. The number of aryl methyl sites for hydroxylation is 1. The van der Waals surface area contributed by atoms with Gasteiger partial charge in [0.25, 0.3) is 0 Å². The van der Waals surface area contributed by atoms with Gasteiger partial charge in [-0.25, -0.2) is 9.78 Å². The van der Waals surface area contributed by atoms with Crippen LogP contribution in [-0.2, 0) is 0 Å². The Hall–Kier alpha value is -2.50. The third-order valence-electron chi connectivity index (χ3n) is 2.68. The number of hydrogen-bond acceptors (Lipinski definition) is 5. The molecule has 2 aromatic rings. The molecule has 0 aromatic carbocycles. The molecule has 2 rings (SSSR count). The first-order chi connectivity index (χ1) is 8.97. The zero-order chi connectivity index (χ0) is 14.0. The topological polar surface area (TPSA) is 101 Å². The molecular weight excluding hydrogens is 246 g/mol. The van der Waals surface area contributed by atoms with Crippen LogP contribution in [0.2, 0.25) is 0 Å². The number of pyridine rings is 1. The predicted molar refractivity (Wildman–Crippen MR) is 71.1 cm³/mol. The SMILES string of the molecule is Cc1ccc(C(C)Nc2ncc(N)cc2C(=O)O)o1. The largest absolute Gasteiger partial charge is 0.478 e. The number of hydrogen-bond donors (Lipinski definition) is 3. The number of nitrogens with one attached hydrogen (secondary N) is 1. The first kappa shape index (κ1) is 12.9. The van der Waals surface area contributed by atoms with Gasteiger partial charge in [-0.05, 0) is 32.0 Å². The second kappa shape index (κ2) is 5.01. The second-order valence-electron chi connectivity index (χ2n) is 4.28. The van der Waals surface area contributed by atoms with Crippen molar-refractivity contribution in [3.8, 4) is 0 Å². The summed E-state index contributed by atoms with van der Waals surface area (Å²) in [4.78, 5) is 15.2. The number of anilines is 2. The van der Waals surface area contributed by atoms with E-state index >= 15 is 0 Å². The minimum atomic E-state index is -1.08. The molecule has 1 unspecified atom stereocenters. The quantitative estimate of drug-likeness (QED) is 0.781. The molecule has 0 aliphatic carbocycles. The van der Waals surface area contributed by atoms with Gasteiger partial charge < -0.3 is 20.6 Å². The number of nitrogen functional groups attached to an aromatic ring is 1. The molecule has 2 aromatic heterocycles. The van der Waals surface area contributed by atoms with Crippen molar-refractivity contribution >= 4 is 17.5 Å². The maximum Gasteiger partial charge on any atom is 0.339 e. The lowest BCUT2D eigenvalue weighted by Gasteiger charge is -2.14. The lowest BCUT2D eigenvalue weighted by atomic mass is 10.2. The number of nitrogens with two attached hydrogens (primary N) is 1. The van der Waals surface area contributed by atoms with Gasteiger partial charge in [-0.15, -0.1) is 0 Å². The average molecular weight is 261 g/mol. The molecule has 0 spiro atoms. The summed E-state index contributed by atoms with van der Waals surface area (Å²) in [6, 6.07) is 4.87. The smallest absolute Gasteiger partial charge is 0.339 e. The van der Waals surface area contributed by atoms with Crippen LogP contribution in [0.15, 0.2) is 28.8 Å². The first-order valence-electron chi connectivity index (χ1n) is 5.79. The van der Waals surface area contributed by atoms with Crippen molar-refractivity contribution in [1.29, 1.82) is 0 Å². The van der Waals surface area contributed by atoms with Crippen LogP contribution in [0, 0.1) is 6.92 Å². The van der Waals surface area contributed by atoms with E-state index in [1.807, 2.05) is 26.0 Å². The Labute approximate surface area is 110 Å². The van der Waals surface area contributed by atoms with Crippen LogP contribution in [0.1, 0.15) is 34.8 Å². The second-order valence-corrected chi connectivity index (χ2v) is 4.28. The lowest BCUT2D eigenvalue weighted by molar-refractivity contribution is 0.0697. The van der Waals surface area contributed by atoms with E-state index in [0.29, 0.717) is 11.4 Å². The van der Waals surface area contributed by atoms with Crippen LogP contribution in [0.5, 0.6) is 0 Å². The van der Waals surface area contributed by atoms with Gasteiger partial charge in [-0.2, -0.15) is 0 Å². The Morgan fingerprint density at radius 1 is 1.53 bits per heavy atom. The molecule has 2 heterocycles. The predicted octanol–water partition coefficient (Wildman–Crippen LogP) is 2.44. The molecule has 100 valence electrons. The molecule has 0 saturated heterocycles. The Bertz CT molecular complexity index is 607. The number of carboxylic acids is 1. The molecule has 0 radical (unpaired) electrons. The summed E-state index contributed by atoms with van der Waals surface area (Å²) in [6.45, 7) is 3.71. The van der Waals surface area contributed by atoms with E-state index in [4.69, 9.17) is 15.3 Å². The third kappa shape index (κ3) is 2.85. The van der Waals surface area contributed by atoms with E-state index in [0.717, 1.165) is 5.76 Å². The van der Waals surface area contributed by atoms with Crippen molar-refractivity contribution in [1.82, 2.24) is 4.98 Å². The summed E-state index contributed by atoms with van der Waals surface area (Å²) in [5.74, 6) is 0.702. The monoisotopic (exact) mass is 261 g/mol. The van der Waals surface area contributed by atoms with E-state index in [2.05, 4.69) is 10.3 Å². The van der Waals surface area contributed by atoms with Gasteiger partial charge in [0.2, 0.25) is 0 Å². The maximum absolute atomic E-state index is 11.1. The highest BCUT2D eigenvalue weighted by atomic mass is 16.4. The van der Waals surface area contributed by atoms with E-state index in [1.54, 1.807) is 0 Å². The molecular formula is C13H15N3O3. The van der Waals surface area contributed by atoms with Crippen molar-refractivity contribution in [3.05, 3.63) is 41.5 Å². The zero-order valence-corrected chi connectivity index (χ0v) is 10.7. The van der Waals surface area contributed by atoms with Crippen LogP contribution in [-0.4, -0.2) is 16.1 Å². The molecule has 0 amide bonds. The van der Waals surface area contributed by atoms with E-state index in [-0.39, 0.29) is 17.4 Å². The fourth-order valence-corrected chi connectivity index (χ4v) is 1.72. The molecule has 6 heteroatoms. The number of aromatic carboxylic acids is 1. The van der Waals surface area contributed by atoms with Crippen LogP contribution < -0.4 is 11.1 Å². The van der Waals surface area contributed by atoms with Gasteiger partial charge in [-0.3, -0.25) is 0 Å². The van der Waals surface area contributed by atoms with Crippen LogP contribution in [0.4, 0.5) is 11.5 Å². The van der Waals surface area contributed by atoms with Crippen molar-refractivity contribution < 1.29 is 14.3 Å². The summed E-state index contributed by atoms with van der Waals surface area (Å²) in [5.41, 5.74) is 5.89. The van der Waals surface area contributed by atoms with Crippen molar-refractivity contribution in [3.63, 3.8) is 0 Å². The third-order valence-corrected chi connectivity index (χ3v) is 2.68. The molecule has 0 fully saturated rings. The fraction of sp³-hybridized carbons (Fsp3) is 0.231. The molecule has 0 bridgehead atoms. The van der Waals surface area contributed by atoms with Gasteiger partial charge in [-0.1, -0.05) is 0 Å². The molecule has 1 atom stereocenters. The van der Waals surface area contributed by atoms with Crippen LogP contribution >= 0.6 is 0 Å². The van der Waals surface area contributed by atoms with Crippen molar-refractivity contribution in [2.24, 2.45) is 0 Å². The van der Waals surface area contributed by atoms with Crippen LogP contribution in [0.25, 0.3) is 0 Å². The molecule has 0 saturated carbocycles. The van der Waals surface area contributed by atoms with Crippen LogP contribution in [0.3, 0.4) is 0 Å². The number of nitrogens with zero attached hydrogens (tertiary/aromatic N) is 1. The molecule has 0 aliphatic rings. The minimum absolute atomic E-state index is 0.0372. The molecule has 0 aliphatic heterocycles. The average Bonchev–Trinajstić information content (AvgIpc) is 2.78. The number of carbonyl (C=O) groups is 1. The van der Waals surface area contributed by atoms with Gasteiger partial charge in [0, 0.05) is 0 Å². The van der Waals surface area contributed by atoms with Gasteiger partial charge in [0.1, 0.15) is 22.9 Å². The number of furan rings is 1. The zero-order valence-electron chi connectivity index (χ0n) is 10.7. The Kier molecular flexibility index (Phi) is 3.41. The lowest BCUT2D eigenvalue weighted by Crippen LogP contribution is -2.12. The highest BCUT2D eigenvalue weighted by molar-refractivity contribution is 5.94. The molecule has 6 nitrogen and oxygen atoms in total. The Morgan fingerprint density at radius 2 is 2.26 bits per heavy atom. The summed E-state index contributed by atoms with van der Waals surface area (Å²) >= 11 is 0. The minimum Gasteiger partial charge on any atom is -0.478 e. The van der Waals surface area contributed by atoms with E-state index in [9.17, 15) is 4.79 Å². The van der Waals surface area contributed by atoms with E-state index < -0.39 is 5.97 Å². The van der Waals surface area contributed by atoms with Crippen molar-refractivity contribution in [2.75, 3.05) is 11.1 Å². The highest BCUT2D eigenvalue weighted by Gasteiger charge is 2.16. The summed E-state index contributed by atoms with van der Waals surface area (Å²) in [6.07, 6.45) is 1.41. The Balaban J connectivity index is 2.26. The first-order valence-corrected chi connectivity index (χ1v) is 5.79. The molecule has 19 heavy (non-hydrogen) atoms. The van der Waals surface area contributed by atoms with Gasteiger partial charge >= 0.3 is 5.97 Å². The number of aromatic nitrogens is 1. The number of rotatable bonds is 4. The van der Waals surface area contributed by atoms with Crippen molar-refractivity contribution in [2.45, 2.75) is 19.9 Å². The van der Waals surface area contributed by atoms with Gasteiger partial charge in [0.05, 0.1) is 17.9 Å². The standard InChI is InChI=1S/C13H15N3O3/c1-7-3-4-11(19-7)8(2)16-12-10(13(17)18)5-9(14)6-15-12/h3-6,8H,14H2,1-2H3,(H,15,16)(H,17,18). The normalized spacial score (nSPS) is 12.1. The summed E-state index contributed by atoms with van der Waals surface area (Å²) in [5, 5.41) is 12.1. The van der Waals surface area contributed by atoms with Gasteiger partial charge in [0.15, 0.2) is 0 Å². The maximum atomic E-state index is 11.1. The molecule has 4 N–H and O–H groups in total. The summed E-state index contributed by atoms with van der Waals surface area (Å²) < 4.78 is 5.48.